The van der Waals surface area contributed by atoms with Crippen molar-refractivity contribution in [3.63, 3.8) is 0 Å². The first-order valence-electron chi connectivity index (χ1n) is 5.63. The van der Waals surface area contributed by atoms with Crippen molar-refractivity contribution in [1.82, 2.24) is 19.6 Å². The first-order chi connectivity index (χ1) is 9.22. The molecule has 0 saturated heterocycles. The van der Waals surface area contributed by atoms with Gasteiger partial charge in [0.1, 0.15) is 0 Å². The van der Waals surface area contributed by atoms with Crippen LogP contribution in [0, 0.1) is 0 Å². The van der Waals surface area contributed by atoms with E-state index in [1.165, 1.54) is 0 Å². The fourth-order valence-corrected chi connectivity index (χ4v) is 1.83. The number of nitrogen functional groups attached to an aromatic ring is 1. The molecule has 0 saturated carbocycles. The standard InChI is InChI=1S/C13H10ClN5/c14-10-4-1-9(2-5-10)3-6-11-7-8-16-13-17-12(15)18-19(11)13/h1-8H,(H2,15,18). The van der Waals surface area contributed by atoms with Gasteiger partial charge in [-0.3, -0.25) is 0 Å². The van der Waals surface area contributed by atoms with Crippen LogP contribution >= 0.6 is 11.6 Å². The molecule has 2 aromatic heterocycles. The summed E-state index contributed by atoms with van der Waals surface area (Å²) in [7, 11) is 0. The summed E-state index contributed by atoms with van der Waals surface area (Å²) in [6, 6.07) is 9.40. The van der Waals surface area contributed by atoms with E-state index >= 15 is 0 Å². The molecule has 94 valence electrons. The van der Waals surface area contributed by atoms with Crippen molar-refractivity contribution in [2.45, 2.75) is 0 Å². The molecule has 0 aliphatic heterocycles. The van der Waals surface area contributed by atoms with Gasteiger partial charge in [-0.25, -0.2) is 4.98 Å². The molecule has 0 atom stereocenters. The van der Waals surface area contributed by atoms with E-state index < -0.39 is 0 Å². The van der Waals surface area contributed by atoms with Crippen molar-refractivity contribution in [2.75, 3.05) is 5.73 Å². The Morgan fingerprint density at radius 3 is 2.68 bits per heavy atom. The Morgan fingerprint density at radius 2 is 1.89 bits per heavy atom. The van der Waals surface area contributed by atoms with Gasteiger partial charge in [0.05, 0.1) is 5.69 Å². The lowest BCUT2D eigenvalue weighted by atomic mass is 10.2. The molecular weight excluding hydrogens is 262 g/mol. The summed E-state index contributed by atoms with van der Waals surface area (Å²) >= 11 is 5.84. The van der Waals surface area contributed by atoms with Gasteiger partial charge in [-0.1, -0.05) is 29.8 Å². The topological polar surface area (TPSA) is 69.1 Å². The third-order valence-corrected chi connectivity index (χ3v) is 2.85. The maximum atomic E-state index is 5.84. The van der Waals surface area contributed by atoms with E-state index in [0.717, 1.165) is 11.3 Å². The molecule has 0 amide bonds. The Labute approximate surface area is 114 Å². The number of fused-ring (bicyclic) bond motifs is 1. The number of anilines is 1. The van der Waals surface area contributed by atoms with E-state index in [2.05, 4.69) is 15.1 Å². The van der Waals surface area contributed by atoms with Crippen molar-refractivity contribution in [2.24, 2.45) is 0 Å². The molecule has 0 spiro atoms. The first-order valence-corrected chi connectivity index (χ1v) is 6.01. The predicted molar refractivity (Wildman–Crippen MR) is 75.6 cm³/mol. The molecule has 2 heterocycles. The number of halogens is 1. The minimum atomic E-state index is 0.208. The van der Waals surface area contributed by atoms with E-state index in [9.17, 15) is 0 Å². The Morgan fingerprint density at radius 1 is 1.11 bits per heavy atom. The predicted octanol–water partition coefficient (Wildman–Crippen LogP) is 2.53. The van der Waals surface area contributed by atoms with Crippen LogP contribution in [0.5, 0.6) is 0 Å². The maximum Gasteiger partial charge on any atom is 0.254 e. The zero-order valence-electron chi connectivity index (χ0n) is 9.86. The molecule has 3 aromatic rings. The van der Waals surface area contributed by atoms with E-state index in [-0.39, 0.29) is 5.95 Å². The molecule has 6 heteroatoms. The molecule has 0 bridgehead atoms. The van der Waals surface area contributed by atoms with E-state index in [4.69, 9.17) is 17.3 Å². The quantitative estimate of drug-likeness (QED) is 0.778. The van der Waals surface area contributed by atoms with Gasteiger partial charge < -0.3 is 5.73 Å². The van der Waals surface area contributed by atoms with Crippen molar-refractivity contribution >= 4 is 35.5 Å². The number of benzene rings is 1. The summed E-state index contributed by atoms with van der Waals surface area (Å²) in [4.78, 5) is 8.09. The van der Waals surface area contributed by atoms with E-state index in [1.54, 1.807) is 10.7 Å². The Bertz CT molecular complexity index is 745. The summed E-state index contributed by atoms with van der Waals surface area (Å²) in [6.07, 6.45) is 5.56. The molecule has 0 aliphatic rings. The second kappa shape index (κ2) is 4.70. The van der Waals surface area contributed by atoms with Crippen molar-refractivity contribution in [1.29, 1.82) is 0 Å². The molecule has 5 nitrogen and oxygen atoms in total. The summed E-state index contributed by atoms with van der Waals surface area (Å²) in [5.74, 6) is 0.690. The summed E-state index contributed by atoms with van der Waals surface area (Å²) in [5.41, 5.74) is 7.46. The summed E-state index contributed by atoms with van der Waals surface area (Å²) in [5, 5.41) is 4.80. The molecule has 2 N–H and O–H groups in total. The van der Waals surface area contributed by atoms with Crippen LogP contribution in [0.15, 0.2) is 36.5 Å². The molecule has 19 heavy (non-hydrogen) atoms. The first kappa shape index (κ1) is 11.7. The number of aromatic nitrogens is 4. The van der Waals surface area contributed by atoms with Gasteiger partial charge in [0, 0.05) is 11.2 Å². The number of rotatable bonds is 2. The van der Waals surface area contributed by atoms with Crippen LogP contribution in [-0.2, 0) is 0 Å². The van der Waals surface area contributed by atoms with Crippen LogP contribution in [-0.4, -0.2) is 19.6 Å². The van der Waals surface area contributed by atoms with E-state index in [1.807, 2.05) is 42.5 Å². The normalized spacial score (nSPS) is 11.4. The van der Waals surface area contributed by atoms with Crippen molar-refractivity contribution < 1.29 is 0 Å². The smallest absolute Gasteiger partial charge is 0.254 e. The second-order valence-electron chi connectivity index (χ2n) is 3.94. The average Bonchev–Trinajstić information content (AvgIpc) is 2.79. The van der Waals surface area contributed by atoms with Crippen LogP contribution < -0.4 is 5.73 Å². The summed E-state index contributed by atoms with van der Waals surface area (Å²) < 4.78 is 1.60. The highest BCUT2D eigenvalue weighted by Gasteiger charge is 2.03. The number of nitrogens with two attached hydrogens (primary N) is 1. The van der Waals surface area contributed by atoms with Crippen LogP contribution in [0.2, 0.25) is 5.02 Å². The monoisotopic (exact) mass is 271 g/mol. The second-order valence-corrected chi connectivity index (χ2v) is 4.37. The molecule has 1 aromatic carbocycles. The van der Waals surface area contributed by atoms with Gasteiger partial charge >= 0.3 is 0 Å². The fourth-order valence-electron chi connectivity index (χ4n) is 1.71. The lowest BCUT2D eigenvalue weighted by Crippen LogP contribution is -1.95. The Balaban J connectivity index is 1.98. The molecule has 0 unspecified atom stereocenters. The fraction of sp³-hybridized carbons (Fsp3) is 0. The van der Waals surface area contributed by atoms with Gasteiger partial charge in [0.25, 0.3) is 5.78 Å². The molecule has 3 rings (SSSR count). The number of hydrogen-bond donors (Lipinski definition) is 1. The van der Waals surface area contributed by atoms with Gasteiger partial charge in [-0.05, 0) is 29.8 Å². The average molecular weight is 272 g/mol. The third kappa shape index (κ3) is 2.41. The van der Waals surface area contributed by atoms with Crippen LogP contribution in [0.1, 0.15) is 11.3 Å². The largest absolute Gasteiger partial charge is 0.366 e. The zero-order chi connectivity index (χ0) is 13.2. The molecule has 0 aliphatic carbocycles. The van der Waals surface area contributed by atoms with Gasteiger partial charge in [-0.15, -0.1) is 5.10 Å². The number of nitrogens with zero attached hydrogens (tertiary/aromatic N) is 4. The van der Waals surface area contributed by atoms with Crippen molar-refractivity contribution in [3.8, 4) is 0 Å². The highest BCUT2D eigenvalue weighted by Crippen LogP contribution is 2.13. The number of hydrogen-bond acceptors (Lipinski definition) is 4. The van der Waals surface area contributed by atoms with Crippen LogP contribution in [0.4, 0.5) is 5.95 Å². The maximum absolute atomic E-state index is 5.84. The van der Waals surface area contributed by atoms with Gasteiger partial charge in [0.2, 0.25) is 5.95 Å². The SMILES string of the molecule is Nc1nc2nccc(C=Cc3ccc(Cl)cc3)n2n1. The Kier molecular flexibility index (Phi) is 2.89. The van der Waals surface area contributed by atoms with Crippen LogP contribution in [0.3, 0.4) is 0 Å². The minimum absolute atomic E-state index is 0.208. The molecule has 0 radical (unpaired) electrons. The van der Waals surface area contributed by atoms with E-state index in [0.29, 0.717) is 10.8 Å². The summed E-state index contributed by atoms with van der Waals surface area (Å²) in [6.45, 7) is 0. The van der Waals surface area contributed by atoms with Crippen molar-refractivity contribution in [3.05, 3.63) is 52.8 Å². The Hall–Kier alpha value is -2.40. The zero-order valence-corrected chi connectivity index (χ0v) is 10.6. The van der Waals surface area contributed by atoms with Crippen LogP contribution in [0.25, 0.3) is 17.9 Å². The lowest BCUT2D eigenvalue weighted by Gasteiger charge is -1.97. The van der Waals surface area contributed by atoms with Gasteiger partial charge in [-0.2, -0.15) is 9.50 Å². The third-order valence-electron chi connectivity index (χ3n) is 2.60. The lowest BCUT2D eigenvalue weighted by molar-refractivity contribution is 0.932. The molecule has 0 fully saturated rings. The van der Waals surface area contributed by atoms with Gasteiger partial charge in [0.15, 0.2) is 0 Å². The highest BCUT2D eigenvalue weighted by molar-refractivity contribution is 6.30. The molecular formula is C13H10ClN5. The highest BCUT2D eigenvalue weighted by atomic mass is 35.5. The minimum Gasteiger partial charge on any atom is -0.366 e.